The van der Waals surface area contributed by atoms with E-state index in [1.54, 1.807) is 6.07 Å². The molecule has 1 aliphatic heterocycles. The number of H-pyrrole nitrogens is 1. The number of benzene rings is 1. The van der Waals surface area contributed by atoms with Crippen molar-refractivity contribution in [2.45, 2.75) is 4.90 Å². The Kier molecular flexibility index (Phi) is 4.93. The molecule has 0 spiro atoms. The summed E-state index contributed by atoms with van der Waals surface area (Å²) in [5.74, 6) is 0. The fraction of sp³-hybridized carbons (Fsp3) is 0.278. The minimum atomic E-state index is -3.83. The Balaban J connectivity index is 1.61. The number of nitrogens with one attached hydrogen (secondary N) is 1. The van der Waals surface area contributed by atoms with Crippen LogP contribution in [0.15, 0.2) is 51.0 Å². The van der Waals surface area contributed by atoms with Crippen molar-refractivity contribution < 1.29 is 8.42 Å². The Morgan fingerprint density at radius 3 is 2.52 bits per heavy atom. The highest BCUT2D eigenvalue weighted by Crippen LogP contribution is 2.23. The van der Waals surface area contributed by atoms with Crippen LogP contribution >= 0.6 is 11.6 Å². The fourth-order valence-electron chi connectivity index (χ4n) is 3.37. The van der Waals surface area contributed by atoms with Crippen molar-refractivity contribution in [3.8, 4) is 0 Å². The third-order valence-corrected chi connectivity index (χ3v) is 7.08. The monoisotopic (exact) mass is 435 g/mol. The van der Waals surface area contributed by atoms with Crippen molar-refractivity contribution in [2.75, 3.05) is 31.1 Å². The standard InChI is InChI=1S/C18H18ClN5O4S/c1-22-16-15(17(25)21-18(22)26)10-14(11-20-16)29(27,28)24-7-5-23(6-8-24)13-4-2-3-12(19)9-13/h2-4,9-11H,5-8H2,1H3,(H,21,25,26). The molecule has 1 fully saturated rings. The number of aryl methyl sites for hydroxylation is 1. The lowest BCUT2D eigenvalue weighted by atomic mass is 10.2. The van der Waals surface area contributed by atoms with Gasteiger partial charge in [0.25, 0.3) is 5.56 Å². The van der Waals surface area contributed by atoms with E-state index in [0.717, 1.165) is 10.3 Å². The molecule has 1 saturated heterocycles. The van der Waals surface area contributed by atoms with Crippen LogP contribution in [0, 0.1) is 0 Å². The van der Waals surface area contributed by atoms with E-state index in [0.29, 0.717) is 18.1 Å². The molecule has 3 heterocycles. The maximum atomic E-state index is 13.1. The first-order valence-corrected chi connectivity index (χ1v) is 10.7. The second-order valence-electron chi connectivity index (χ2n) is 6.73. The number of aromatic amines is 1. The predicted molar refractivity (Wildman–Crippen MR) is 110 cm³/mol. The molecule has 4 rings (SSSR count). The van der Waals surface area contributed by atoms with Crippen molar-refractivity contribution in [1.82, 2.24) is 18.8 Å². The molecule has 0 bridgehead atoms. The van der Waals surface area contributed by atoms with E-state index in [1.165, 1.54) is 23.6 Å². The number of sulfonamides is 1. The molecule has 0 atom stereocenters. The molecule has 1 N–H and O–H groups in total. The number of fused-ring (bicyclic) bond motifs is 1. The number of hydrogen-bond acceptors (Lipinski definition) is 6. The summed E-state index contributed by atoms with van der Waals surface area (Å²) in [5.41, 5.74) is -0.209. The van der Waals surface area contributed by atoms with Crippen LogP contribution in [-0.4, -0.2) is 53.4 Å². The average Bonchev–Trinajstić information content (AvgIpc) is 2.72. The summed E-state index contributed by atoms with van der Waals surface area (Å²) in [7, 11) is -2.37. The van der Waals surface area contributed by atoms with Crippen LogP contribution in [0.25, 0.3) is 11.0 Å². The number of piperazine rings is 1. The molecule has 1 aromatic carbocycles. The zero-order chi connectivity index (χ0) is 20.8. The number of anilines is 1. The van der Waals surface area contributed by atoms with Crippen LogP contribution in [0.1, 0.15) is 0 Å². The van der Waals surface area contributed by atoms with Gasteiger partial charge in [0, 0.05) is 50.1 Å². The van der Waals surface area contributed by atoms with Gasteiger partial charge in [0.15, 0.2) is 0 Å². The fourth-order valence-corrected chi connectivity index (χ4v) is 4.95. The molecule has 9 nitrogen and oxygen atoms in total. The summed E-state index contributed by atoms with van der Waals surface area (Å²) in [6.45, 7) is 1.60. The summed E-state index contributed by atoms with van der Waals surface area (Å²) in [4.78, 5) is 32.0. The molecule has 11 heteroatoms. The Hall–Kier alpha value is -2.69. The first kappa shape index (κ1) is 19.6. The minimum Gasteiger partial charge on any atom is -0.369 e. The number of aromatic nitrogens is 3. The van der Waals surface area contributed by atoms with Gasteiger partial charge in [-0.05, 0) is 24.3 Å². The number of hydrogen-bond donors (Lipinski definition) is 1. The summed E-state index contributed by atoms with van der Waals surface area (Å²) in [6.07, 6.45) is 1.18. The van der Waals surface area contributed by atoms with Crippen molar-refractivity contribution in [1.29, 1.82) is 0 Å². The van der Waals surface area contributed by atoms with E-state index in [1.807, 2.05) is 18.2 Å². The van der Waals surface area contributed by atoms with Gasteiger partial charge in [0.1, 0.15) is 10.5 Å². The summed E-state index contributed by atoms with van der Waals surface area (Å²) >= 11 is 6.04. The largest absolute Gasteiger partial charge is 0.369 e. The van der Waals surface area contributed by atoms with E-state index in [2.05, 4.69) is 14.9 Å². The Bertz CT molecular complexity index is 1310. The van der Waals surface area contributed by atoms with Crippen molar-refractivity contribution in [3.63, 3.8) is 0 Å². The van der Waals surface area contributed by atoms with Gasteiger partial charge in [-0.3, -0.25) is 14.3 Å². The highest BCUT2D eigenvalue weighted by molar-refractivity contribution is 7.89. The van der Waals surface area contributed by atoms with Crippen LogP contribution < -0.4 is 16.1 Å². The van der Waals surface area contributed by atoms with Crippen LogP contribution in [0.5, 0.6) is 0 Å². The van der Waals surface area contributed by atoms with Crippen LogP contribution in [-0.2, 0) is 17.1 Å². The summed E-state index contributed by atoms with van der Waals surface area (Å²) < 4.78 is 28.6. The van der Waals surface area contributed by atoms with Crippen molar-refractivity contribution >= 4 is 38.3 Å². The number of pyridine rings is 1. The van der Waals surface area contributed by atoms with E-state index >= 15 is 0 Å². The SMILES string of the molecule is Cn1c(=O)[nH]c(=O)c2cc(S(=O)(=O)N3CCN(c4cccc(Cl)c4)CC3)cnc21. The summed E-state index contributed by atoms with van der Waals surface area (Å²) in [5, 5.41) is 0.671. The molecule has 3 aromatic rings. The molecule has 2 aromatic heterocycles. The van der Waals surface area contributed by atoms with Gasteiger partial charge in [-0.2, -0.15) is 4.31 Å². The maximum absolute atomic E-state index is 13.1. The zero-order valence-electron chi connectivity index (χ0n) is 15.5. The molecule has 1 aliphatic rings. The molecule has 0 unspecified atom stereocenters. The quantitative estimate of drug-likeness (QED) is 0.651. The van der Waals surface area contributed by atoms with Crippen molar-refractivity contribution in [2.24, 2.45) is 7.05 Å². The van der Waals surface area contributed by atoms with Gasteiger partial charge in [-0.25, -0.2) is 18.2 Å². The molecule has 0 aliphatic carbocycles. The number of halogens is 1. The van der Waals surface area contributed by atoms with E-state index < -0.39 is 21.3 Å². The third kappa shape index (κ3) is 3.54. The maximum Gasteiger partial charge on any atom is 0.329 e. The van der Waals surface area contributed by atoms with Crippen molar-refractivity contribution in [3.05, 3.63) is 62.4 Å². The Morgan fingerprint density at radius 1 is 1.10 bits per heavy atom. The first-order chi connectivity index (χ1) is 13.8. The molecule has 152 valence electrons. The Labute approximate surface area is 171 Å². The highest BCUT2D eigenvalue weighted by atomic mass is 35.5. The summed E-state index contributed by atoms with van der Waals surface area (Å²) in [6, 6.07) is 8.68. The average molecular weight is 436 g/mol. The van der Waals surface area contributed by atoms with Crippen LogP contribution in [0.3, 0.4) is 0 Å². The van der Waals surface area contributed by atoms with Crippen LogP contribution in [0.2, 0.25) is 5.02 Å². The van der Waals surface area contributed by atoms with E-state index in [9.17, 15) is 18.0 Å². The van der Waals surface area contributed by atoms with E-state index in [-0.39, 0.29) is 29.0 Å². The number of rotatable bonds is 3. The van der Waals surface area contributed by atoms with Gasteiger partial charge in [0.05, 0.1) is 5.39 Å². The van der Waals surface area contributed by atoms with E-state index in [4.69, 9.17) is 11.6 Å². The smallest absolute Gasteiger partial charge is 0.329 e. The molecular formula is C18H18ClN5O4S. The van der Waals surface area contributed by atoms with Gasteiger partial charge in [0.2, 0.25) is 10.0 Å². The zero-order valence-corrected chi connectivity index (χ0v) is 17.1. The Morgan fingerprint density at radius 2 is 1.83 bits per heavy atom. The molecule has 0 amide bonds. The molecule has 0 radical (unpaired) electrons. The second kappa shape index (κ2) is 7.29. The first-order valence-electron chi connectivity index (χ1n) is 8.87. The highest BCUT2D eigenvalue weighted by Gasteiger charge is 2.29. The lowest BCUT2D eigenvalue weighted by Gasteiger charge is -2.35. The number of nitrogens with zero attached hydrogens (tertiary/aromatic N) is 4. The second-order valence-corrected chi connectivity index (χ2v) is 9.11. The lowest BCUT2D eigenvalue weighted by Crippen LogP contribution is -2.48. The third-order valence-electron chi connectivity index (χ3n) is 4.98. The van der Waals surface area contributed by atoms with Gasteiger partial charge >= 0.3 is 5.69 Å². The molecule has 29 heavy (non-hydrogen) atoms. The predicted octanol–water partition coefficient (Wildman–Crippen LogP) is 0.786. The lowest BCUT2D eigenvalue weighted by molar-refractivity contribution is 0.385. The van der Waals surface area contributed by atoms with Gasteiger partial charge < -0.3 is 4.90 Å². The molecule has 0 saturated carbocycles. The molecular weight excluding hydrogens is 418 g/mol. The minimum absolute atomic E-state index is 0.0470. The van der Waals surface area contributed by atoms with Gasteiger partial charge in [-0.15, -0.1) is 0 Å². The van der Waals surface area contributed by atoms with Gasteiger partial charge in [-0.1, -0.05) is 17.7 Å². The topological polar surface area (TPSA) is 108 Å². The normalized spacial score (nSPS) is 15.7. The van der Waals surface area contributed by atoms with Crippen LogP contribution in [0.4, 0.5) is 5.69 Å².